The highest BCUT2D eigenvalue weighted by atomic mass is 16.5. The van der Waals surface area contributed by atoms with E-state index in [9.17, 15) is 4.79 Å². The predicted molar refractivity (Wildman–Crippen MR) is 170 cm³/mol. The Bertz CT molecular complexity index is 1600. The fourth-order valence-corrected chi connectivity index (χ4v) is 4.81. The van der Waals surface area contributed by atoms with Crippen LogP contribution in [0.15, 0.2) is 133 Å². The van der Waals surface area contributed by atoms with E-state index in [1.165, 1.54) is 0 Å². The van der Waals surface area contributed by atoms with E-state index in [1.54, 1.807) is 31.4 Å². The number of nitrogen functional groups attached to an aromatic ring is 1. The van der Waals surface area contributed by atoms with Crippen molar-refractivity contribution < 1.29 is 14.3 Å². The maximum absolute atomic E-state index is 14.2. The molecule has 0 bridgehead atoms. The highest BCUT2D eigenvalue weighted by Crippen LogP contribution is 2.33. The number of amidine groups is 1. The van der Waals surface area contributed by atoms with Gasteiger partial charge in [0.05, 0.1) is 13.2 Å². The van der Waals surface area contributed by atoms with Crippen molar-refractivity contribution >= 4 is 17.4 Å². The summed E-state index contributed by atoms with van der Waals surface area (Å²) in [6, 6.07) is 41.1. The highest BCUT2D eigenvalue weighted by molar-refractivity contribution is 5.95. The molecular formula is C36H34N4O3. The monoisotopic (exact) mass is 570 g/mol. The molecule has 216 valence electrons. The molecule has 5 rings (SSSR count). The van der Waals surface area contributed by atoms with E-state index in [-0.39, 0.29) is 17.8 Å². The van der Waals surface area contributed by atoms with Crippen molar-refractivity contribution in [3.8, 4) is 11.5 Å². The molecule has 5 aromatic carbocycles. The first-order chi connectivity index (χ1) is 21.0. The summed E-state index contributed by atoms with van der Waals surface area (Å²) in [4.78, 5) is 14.2. The van der Waals surface area contributed by atoms with Crippen LogP contribution < -0.4 is 25.8 Å². The van der Waals surface area contributed by atoms with Crippen LogP contribution in [-0.2, 0) is 11.4 Å². The van der Waals surface area contributed by atoms with E-state index in [0.29, 0.717) is 34.9 Å². The molecule has 0 aromatic heterocycles. The van der Waals surface area contributed by atoms with Crippen LogP contribution in [-0.4, -0.2) is 18.9 Å². The van der Waals surface area contributed by atoms with E-state index in [0.717, 1.165) is 16.7 Å². The zero-order valence-electron chi connectivity index (χ0n) is 23.9. The number of methoxy groups -OCH3 is 1. The molecule has 7 nitrogen and oxygen atoms in total. The van der Waals surface area contributed by atoms with Crippen LogP contribution in [0, 0.1) is 5.41 Å². The van der Waals surface area contributed by atoms with Crippen LogP contribution in [0.25, 0.3) is 0 Å². The van der Waals surface area contributed by atoms with Gasteiger partial charge in [0.1, 0.15) is 18.5 Å². The summed E-state index contributed by atoms with van der Waals surface area (Å²) < 4.78 is 11.8. The predicted octanol–water partition coefficient (Wildman–Crippen LogP) is 6.62. The Morgan fingerprint density at radius 3 is 1.88 bits per heavy atom. The lowest BCUT2D eigenvalue weighted by molar-refractivity contribution is -0.122. The highest BCUT2D eigenvalue weighted by Gasteiger charge is 2.26. The minimum absolute atomic E-state index is 0.0229. The molecule has 43 heavy (non-hydrogen) atoms. The molecule has 1 atom stereocenters. The maximum Gasteiger partial charge on any atom is 0.247 e. The summed E-state index contributed by atoms with van der Waals surface area (Å²) in [5, 5.41) is 14.4. The topological polar surface area (TPSA) is 109 Å². The van der Waals surface area contributed by atoms with Gasteiger partial charge in [0.2, 0.25) is 5.91 Å². The van der Waals surface area contributed by atoms with Crippen LogP contribution in [0.2, 0.25) is 0 Å². The Kier molecular flexibility index (Phi) is 9.34. The number of carbonyl (C=O) groups excluding carboxylic acids is 1. The second-order valence-corrected chi connectivity index (χ2v) is 10.0. The number of hydrogen-bond donors (Lipinski definition) is 4. The standard InChI is InChI=1S/C36H34N4O3/c1-42-32-23-29(19-22-31(32)43-24-25-11-5-2-6-12-25)34(39-30-20-17-28(18-21-30)35(37)38)36(41)40-33(26-13-7-3-8-14-26)27-15-9-4-10-16-27/h2-23,33-34,39H,24H2,1H3,(H3,37,38)(H,40,41). The van der Waals surface area contributed by atoms with Crippen LogP contribution in [0.4, 0.5) is 5.69 Å². The number of rotatable bonds is 12. The smallest absolute Gasteiger partial charge is 0.247 e. The van der Waals surface area contributed by atoms with Crippen molar-refractivity contribution in [2.45, 2.75) is 18.7 Å². The summed E-state index contributed by atoms with van der Waals surface area (Å²) >= 11 is 0. The largest absolute Gasteiger partial charge is 0.493 e. The number of carbonyl (C=O) groups is 1. The van der Waals surface area contributed by atoms with Crippen molar-refractivity contribution in [3.63, 3.8) is 0 Å². The van der Waals surface area contributed by atoms with Crippen molar-refractivity contribution in [1.82, 2.24) is 5.32 Å². The van der Waals surface area contributed by atoms with Gasteiger partial charge in [-0.25, -0.2) is 0 Å². The molecule has 0 heterocycles. The lowest BCUT2D eigenvalue weighted by Gasteiger charge is -2.26. The van der Waals surface area contributed by atoms with E-state index >= 15 is 0 Å². The Balaban J connectivity index is 1.47. The quantitative estimate of drug-likeness (QED) is 0.0996. The molecule has 0 radical (unpaired) electrons. The van der Waals surface area contributed by atoms with Crippen LogP contribution >= 0.6 is 0 Å². The Morgan fingerprint density at radius 2 is 1.33 bits per heavy atom. The molecule has 0 saturated carbocycles. The fraction of sp³-hybridized carbons (Fsp3) is 0.111. The van der Waals surface area contributed by atoms with Gasteiger partial charge in [0, 0.05) is 11.3 Å². The van der Waals surface area contributed by atoms with E-state index in [2.05, 4.69) is 10.6 Å². The third kappa shape index (κ3) is 7.40. The van der Waals surface area contributed by atoms with Crippen molar-refractivity contribution in [3.05, 3.63) is 161 Å². The summed E-state index contributed by atoms with van der Waals surface area (Å²) in [6.07, 6.45) is 0. The third-order valence-corrected chi connectivity index (χ3v) is 7.08. The van der Waals surface area contributed by atoms with Gasteiger partial charge in [-0.2, -0.15) is 0 Å². The lowest BCUT2D eigenvalue weighted by atomic mass is 9.97. The molecular weight excluding hydrogens is 536 g/mol. The van der Waals surface area contributed by atoms with E-state index in [4.69, 9.17) is 20.6 Å². The molecule has 0 aliphatic rings. The minimum Gasteiger partial charge on any atom is -0.493 e. The molecule has 5 N–H and O–H groups in total. The molecule has 0 spiro atoms. The molecule has 1 amide bonds. The SMILES string of the molecule is COc1cc(C(Nc2ccc(C(=N)N)cc2)C(=O)NC(c2ccccc2)c2ccccc2)ccc1OCc1ccccc1. The average Bonchev–Trinajstić information content (AvgIpc) is 3.06. The van der Waals surface area contributed by atoms with Crippen LogP contribution in [0.5, 0.6) is 11.5 Å². The second-order valence-electron chi connectivity index (χ2n) is 10.0. The van der Waals surface area contributed by atoms with Crippen molar-refractivity contribution in [2.24, 2.45) is 5.73 Å². The Labute approximate surface area is 251 Å². The summed E-state index contributed by atoms with van der Waals surface area (Å²) in [5.41, 5.74) is 10.6. The van der Waals surface area contributed by atoms with Gasteiger partial charge >= 0.3 is 0 Å². The van der Waals surface area contributed by atoms with E-state index < -0.39 is 6.04 Å². The Hall–Kier alpha value is -5.56. The number of amides is 1. The molecule has 0 aliphatic heterocycles. The van der Waals surface area contributed by atoms with Crippen LogP contribution in [0.1, 0.15) is 39.9 Å². The molecule has 0 aliphatic carbocycles. The van der Waals surface area contributed by atoms with Gasteiger partial charge in [-0.1, -0.05) is 97.1 Å². The first-order valence-corrected chi connectivity index (χ1v) is 14.0. The number of nitrogens with one attached hydrogen (secondary N) is 3. The van der Waals surface area contributed by atoms with Gasteiger partial charge in [-0.05, 0) is 58.7 Å². The fourth-order valence-electron chi connectivity index (χ4n) is 4.81. The lowest BCUT2D eigenvalue weighted by Crippen LogP contribution is -2.36. The van der Waals surface area contributed by atoms with Crippen LogP contribution in [0.3, 0.4) is 0 Å². The van der Waals surface area contributed by atoms with Gasteiger partial charge in [-0.15, -0.1) is 0 Å². The zero-order chi connectivity index (χ0) is 30.0. The number of hydrogen-bond acceptors (Lipinski definition) is 5. The number of anilines is 1. The van der Waals surface area contributed by atoms with Gasteiger partial charge in [0.15, 0.2) is 11.5 Å². The number of benzene rings is 5. The number of ether oxygens (including phenoxy) is 2. The zero-order valence-corrected chi connectivity index (χ0v) is 23.9. The molecule has 0 fully saturated rings. The first-order valence-electron chi connectivity index (χ1n) is 14.0. The van der Waals surface area contributed by atoms with Crippen molar-refractivity contribution in [1.29, 1.82) is 5.41 Å². The molecule has 7 heteroatoms. The van der Waals surface area contributed by atoms with Gasteiger partial charge in [-0.3, -0.25) is 10.2 Å². The number of nitrogens with two attached hydrogens (primary N) is 1. The van der Waals surface area contributed by atoms with Gasteiger partial charge < -0.3 is 25.8 Å². The maximum atomic E-state index is 14.2. The third-order valence-electron chi connectivity index (χ3n) is 7.08. The summed E-state index contributed by atoms with van der Waals surface area (Å²) in [5.74, 6) is 0.840. The molecule has 1 unspecified atom stereocenters. The van der Waals surface area contributed by atoms with E-state index in [1.807, 2.05) is 109 Å². The Morgan fingerprint density at radius 1 is 0.744 bits per heavy atom. The second kappa shape index (κ2) is 13.9. The summed E-state index contributed by atoms with van der Waals surface area (Å²) in [6.45, 7) is 0.386. The normalized spacial score (nSPS) is 11.4. The molecule has 5 aromatic rings. The van der Waals surface area contributed by atoms with Gasteiger partial charge in [0.25, 0.3) is 0 Å². The molecule has 0 saturated heterocycles. The minimum atomic E-state index is -0.782. The average molecular weight is 571 g/mol. The first kappa shape index (κ1) is 29.0. The van der Waals surface area contributed by atoms with Crippen molar-refractivity contribution in [2.75, 3.05) is 12.4 Å². The summed E-state index contributed by atoms with van der Waals surface area (Å²) in [7, 11) is 1.58.